The molecule has 4 atom stereocenters. The van der Waals surface area contributed by atoms with E-state index in [1.807, 2.05) is 36.4 Å². The van der Waals surface area contributed by atoms with Gasteiger partial charge in [0.1, 0.15) is 17.2 Å². The van der Waals surface area contributed by atoms with Gasteiger partial charge >= 0.3 is 0 Å². The maximum Gasteiger partial charge on any atom is 0.176 e. The molecule has 0 aromatic heterocycles. The van der Waals surface area contributed by atoms with Crippen molar-refractivity contribution in [1.82, 2.24) is 0 Å². The lowest BCUT2D eigenvalue weighted by Crippen LogP contribution is -2.52. The summed E-state index contributed by atoms with van der Waals surface area (Å²) in [5.74, 6) is 1.97. The van der Waals surface area contributed by atoms with Crippen molar-refractivity contribution in [3.63, 3.8) is 0 Å². The van der Waals surface area contributed by atoms with Gasteiger partial charge in [-0.2, -0.15) is 0 Å². The quantitative estimate of drug-likeness (QED) is 0.575. The Kier molecular flexibility index (Phi) is 5.34. The number of rotatable bonds is 6. The summed E-state index contributed by atoms with van der Waals surface area (Å²) in [5, 5.41) is 23.9. The van der Waals surface area contributed by atoms with Gasteiger partial charge < -0.3 is 33.9 Å². The number of aliphatic hydroxyl groups is 2. The van der Waals surface area contributed by atoms with E-state index >= 15 is 0 Å². The van der Waals surface area contributed by atoms with Crippen molar-refractivity contribution >= 4 is 0 Å². The highest BCUT2D eigenvalue weighted by atomic mass is 16.5. The van der Waals surface area contributed by atoms with Crippen molar-refractivity contribution < 1.29 is 33.9 Å². The summed E-state index contributed by atoms with van der Waals surface area (Å²) in [4.78, 5) is 0. The highest BCUT2D eigenvalue weighted by molar-refractivity contribution is 5.63. The van der Waals surface area contributed by atoms with Crippen molar-refractivity contribution in [1.29, 1.82) is 0 Å². The van der Waals surface area contributed by atoms with Crippen LogP contribution in [0.3, 0.4) is 0 Å². The van der Waals surface area contributed by atoms with Crippen LogP contribution in [0.2, 0.25) is 0 Å². The smallest absolute Gasteiger partial charge is 0.176 e. The fraction of sp³-hybridized carbons (Fsp3) is 0.333. The normalized spacial score (nSPS) is 26.9. The molecule has 7 nitrogen and oxygen atoms in total. The van der Waals surface area contributed by atoms with E-state index in [-0.39, 0.29) is 12.3 Å². The molecule has 2 aliphatic rings. The summed E-state index contributed by atoms with van der Waals surface area (Å²) in [6, 6.07) is 18.6. The summed E-state index contributed by atoms with van der Waals surface area (Å²) in [6.07, 6.45) is -0.849. The van der Waals surface area contributed by atoms with E-state index in [1.54, 1.807) is 45.6 Å². The average Bonchev–Trinajstić information content (AvgIpc) is 3.28. The molecule has 178 valence electrons. The van der Waals surface area contributed by atoms with Gasteiger partial charge in [-0.15, -0.1) is 0 Å². The minimum atomic E-state index is -1.81. The number of fused-ring (bicyclic) bond motifs is 3. The molecule has 0 amide bonds. The average molecular weight is 465 g/mol. The Morgan fingerprint density at radius 1 is 0.824 bits per heavy atom. The molecule has 7 heteroatoms. The Morgan fingerprint density at radius 3 is 2.18 bits per heavy atom. The first-order valence-electron chi connectivity index (χ1n) is 11.1. The molecule has 1 aliphatic carbocycles. The molecule has 3 aromatic rings. The molecule has 2 N–H and O–H groups in total. The maximum atomic E-state index is 12.5. The molecule has 0 spiro atoms. The number of hydrogen-bond acceptors (Lipinski definition) is 7. The van der Waals surface area contributed by atoms with Crippen LogP contribution in [-0.4, -0.2) is 44.8 Å². The topological polar surface area (TPSA) is 86.6 Å². The molecule has 1 aliphatic heterocycles. The Morgan fingerprint density at radius 2 is 1.53 bits per heavy atom. The lowest BCUT2D eigenvalue weighted by Gasteiger charge is -2.41. The lowest BCUT2D eigenvalue weighted by atomic mass is 9.71. The number of hydrogen-bond donors (Lipinski definition) is 2. The minimum absolute atomic E-state index is 0.281. The Bertz CT molecular complexity index is 1210. The zero-order valence-electron chi connectivity index (χ0n) is 19.6. The number of aliphatic hydroxyl groups excluding tert-OH is 1. The molecular formula is C27H28O7. The second-order valence-corrected chi connectivity index (χ2v) is 8.59. The zero-order valence-corrected chi connectivity index (χ0v) is 19.6. The van der Waals surface area contributed by atoms with Crippen molar-refractivity contribution in [3.8, 4) is 28.7 Å². The Labute approximate surface area is 198 Å². The Hall–Kier alpha value is -3.42. The molecule has 1 heterocycles. The van der Waals surface area contributed by atoms with Crippen LogP contribution in [0.1, 0.15) is 29.0 Å². The van der Waals surface area contributed by atoms with Gasteiger partial charge in [0, 0.05) is 23.6 Å². The Balaban J connectivity index is 1.83. The first-order valence-corrected chi connectivity index (χ1v) is 11.1. The van der Waals surface area contributed by atoms with Gasteiger partial charge in [-0.1, -0.05) is 36.4 Å². The third kappa shape index (κ3) is 2.83. The molecule has 5 rings (SSSR count). The van der Waals surface area contributed by atoms with E-state index in [2.05, 4.69) is 0 Å². The van der Waals surface area contributed by atoms with Crippen LogP contribution in [0.4, 0.5) is 0 Å². The van der Waals surface area contributed by atoms with E-state index in [4.69, 9.17) is 23.7 Å². The van der Waals surface area contributed by atoms with Gasteiger partial charge in [0.05, 0.1) is 40.1 Å². The predicted octanol–water partition coefficient (Wildman–Crippen LogP) is 3.74. The fourth-order valence-electron chi connectivity index (χ4n) is 5.65. The van der Waals surface area contributed by atoms with E-state index in [9.17, 15) is 10.2 Å². The monoisotopic (exact) mass is 464 g/mol. The van der Waals surface area contributed by atoms with Gasteiger partial charge in [0.15, 0.2) is 22.7 Å². The van der Waals surface area contributed by atoms with Crippen LogP contribution in [-0.2, 0) is 11.2 Å². The first kappa shape index (κ1) is 22.4. The van der Waals surface area contributed by atoms with Gasteiger partial charge in [-0.25, -0.2) is 0 Å². The maximum absolute atomic E-state index is 12.5. The molecule has 3 aromatic carbocycles. The molecule has 1 saturated carbocycles. The highest BCUT2D eigenvalue weighted by Crippen LogP contribution is 2.68. The van der Waals surface area contributed by atoms with Crippen LogP contribution < -0.4 is 23.7 Å². The molecule has 34 heavy (non-hydrogen) atoms. The lowest BCUT2D eigenvalue weighted by molar-refractivity contribution is -0.150. The second-order valence-electron chi connectivity index (χ2n) is 8.59. The minimum Gasteiger partial charge on any atom is -0.496 e. The van der Waals surface area contributed by atoms with Gasteiger partial charge in [-0.3, -0.25) is 0 Å². The SMILES string of the molecule is COc1cc(OC)c2c(c1)O[C@@]1(c3ccc(OC)c(OC)c3)[C@H](c3ccccc3)C[C@@H](O)[C@@]21O. The largest absolute Gasteiger partial charge is 0.496 e. The third-order valence-electron chi connectivity index (χ3n) is 7.16. The van der Waals surface area contributed by atoms with Crippen LogP contribution in [0, 0.1) is 0 Å². The molecule has 0 bridgehead atoms. The standard InChI is InChI=1S/C27H28O7/c1-30-18-13-22(33-4)25-23(14-18)34-27(17-10-11-20(31-2)21(12-17)32-3)19(15-24(28)26(25,27)29)16-8-6-5-7-9-16/h5-14,19,24,28-29H,15H2,1-4H3/t19-,24+,26+,27-/m0/s1. The van der Waals surface area contributed by atoms with E-state index in [0.29, 0.717) is 39.9 Å². The number of benzene rings is 3. The van der Waals surface area contributed by atoms with Crippen molar-refractivity contribution in [2.75, 3.05) is 28.4 Å². The molecule has 0 unspecified atom stereocenters. The van der Waals surface area contributed by atoms with Crippen LogP contribution in [0.25, 0.3) is 0 Å². The molecule has 0 saturated heterocycles. The van der Waals surface area contributed by atoms with Crippen molar-refractivity contribution in [2.45, 2.75) is 29.6 Å². The van der Waals surface area contributed by atoms with Gasteiger partial charge in [-0.05, 0) is 24.1 Å². The van der Waals surface area contributed by atoms with E-state index in [0.717, 1.165) is 5.56 Å². The van der Waals surface area contributed by atoms with Gasteiger partial charge in [0.2, 0.25) is 0 Å². The number of methoxy groups -OCH3 is 4. The van der Waals surface area contributed by atoms with Crippen LogP contribution in [0.5, 0.6) is 28.7 Å². The van der Waals surface area contributed by atoms with Crippen LogP contribution in [0.15, 0.2) is 60.7 Å². The third-order valence-corrected chi connectivity index (χ3v) is 7.16. The summed E-state index contributed by atoms with van der Waals surface area (Å²) in [5.41, 5.74) is -1.19. The molecular weight excluding hydrogens is 436 g/mol. The first-order chi connectivity index (χ1) is 16.4. The van der Waals surface area contributed by atoms with Gasteiger partial charge in [0.25, 0.3) is 0 Å². The summed E-state index contributed by atoms with van der Waals surface area (Å²) in [7, 11) is 6.20. The molecule has 0 radical (unpaired) electrons. The zero-order chi connectivity index (χ0) is 24.1. The highest BCUT2D eigenvalue weighted by Gasteiger charge is 2.73. The summed E-state index contributed by atoms with van der Waals surface area (Å²) in [6.45, 7) is 0. The summed E-state index contributed by atoms with van der Waals surface area (Å²) < 4.78 is 28.8. The number of ether oxygens (including phenoxy) is 5. The van der Waals surface area contributed by atoms with E-state index < -0.39 is 17.3 Å². The fourth-order valence-corrected chi connectivity index (χ4v) is 5.65. The molecule has 1 fully saturated rings. The second kappa shape index (κ2) is 8.11. The van der Waals surface area contributed by atoms with Crippen molar-refractivity contribution in [3.05, 3.63) is 77.4 Å². The van der Waals surface area contributed by atoms with Crippen LogP contribution >= 0.6 is 0 Å². The van der Waals surface area contributed by atoms with E-state index in [1.165, 1.54) is 7.11 Å². The summed E-state index contributed by atoms with van der Waals surface area (Å²) >= 11 is 0. The predicted molar refractivity (Wildman–Crippen MR) is 125 cm³/mol. The van der Waals surface area contributed by atoms with Crippen molar-refractivity contribution in [2.24, 2.45) is 0 Å².